The van der Waals surface area contributed by atoms with Gasteiger partial charge in [0.05, 0.1) is 28.9 Å². The van der Waals surface area contributed by atoms with Gasteiger partial charge in [-0.05, 0) is 19.1 Å². The van der Waals surface area contributed by atoms with Gasteiger partial charge in [0.25, 0.3) is 5.91 Å². The molecule has 7 heteroatoms. The molecule has 0 spiro atoms. The fraction of sp³-hybridized carbons (Fsp3) is 0.417. The number of benzene rings is 1. The number of nitrogens with two attached hydrogens (primary N) is 1. The Bertz CT molecular complexity index is 432. The standard InChI is InChI=1S/C12H16Cl2N2O3/c1-7(19-4-3-18-2)12(17)16-11-9(13)5-8(15)6-10(11)14/h5-7H,3-4,15H2,1-2H3,(H,16,17). The summed E-state index contributed by atoms with van der Waals surface area (Å²) < 4.78 is 10.1. The lowest BCUT2D eigenvalue weighted by Gasteiger charge is -2.15. The van der Waals surface area contributed by atoms with E-state index >= 15 is 0 Å². The van der Waals surface area contributed by atoms with Crippen molar-refractivity contribution in [3.63, 3.8) is 0 Å². The van der Waals surface area contributed by atoms with Crippen LogP contribution in [0.2, 0.25) is 10.0 Å². The van der Waals surface area contributed by atoms with E-state index in [1.54, 1.807) is 14.0 Å². The van der Waals surface area contributed by atoms with Gasteiger partial charge in [0.1, 0.15) is 6.10 Å². The van der Waals surface area contributed by atoms with Crippen molar-refractivity contribution in [2.75, 3.05) is 31.4 Å². The number of nitrogen functional groups attached to an aromatic ring is 1. The van der Waals surface area contributed by atoms with Gasteiger partial charge in [0.15, 0.2) is 0 Å². The molecule has 106 valence electrons. The number of carbonyl (C=O) groups is 1. The van der Waals surface area contributed by atoms with Crippen molar-refractivity contribution in [3.8, 4) is 0 Å². The van der Waals surface area contributed by atoms with E-state index in [0.717, 1.165) is 0 Å². The van der Waals surface area contributed by atoms with Gasteiger partial charge >= 0.3 is 0 Å². The molecular formula is C12H16Cl2N2O3. The molecule has 0 aliphatic heterocycles. The van der Waals surface area contributed by atoms with Gasteiger partial charge in [-0.15, -0.1) is 0 Å². The molecule has 0 aliphatic carbocycles. The molecular weight excluding hydrogens is 291 g/mol. The zero-order valence-corrected chi connectivity index (χ0v) is 12.2. The van der Waals surface area contributed by atoms with E-state index in [1.165, 1.54) is 12.1 Å². The average molecular weight is 307 g/mol. The minimum absolute atomic E-state index is 0.280. The van der Waals surface area contributed by atoms with Crippen LogP contribution in [0.1, 0.15) is 6.92 Å². The van der Waals surface area contributed by atoms with E-state index in [-0.39, 0.29) is 16.0 Å². The van der Waals surface area contributed by atoms with Crippen LogP contribution in [0.3, 0.4) is 0 Å². The normalized spacial score (nSPS) is 12.2. The largest absolute Gasteiger partial charge is 0.399 e. The molecule has 0 fully saturated rings. The van der Waals surface area contributed by atoms with E-state index in [9.17, 15) is 4.79 Å². The second-order valence-electron chi connectivity index (χ2n) is 3.85. The van der Waals surface area contributed by atoms with Crippen LogP contribution in [0.5, 0.6) is 0 Å². The summed E-state index contributed by atoms with van der Waals surface area (Å²) in [6.45, 7) is 2.37. The molecule has 1 aromatic carbocycles. The number of carbonyl (C=O) groups excluding carboxylic acids is 1. The Kier molecular flexibility index (Phi) is 6.37. The molecule has 0 bridgehead atoms. The van der Waals surface area contributed by atoms with Gasteiger partial charge in [-0.25, -0.2) is 0 Å². The summed E-state index contributed by atoms with van der Waals surface area (Å²) in [5.41, 5.74) is 6.33. The minimum atomic E-state index is -0.639. The molecule has 1 unspecified atom stereocenters. The third-order valence-corrected chi connectivity index (χ3v) is 2.93. The second-order valence-corrected chi connectivity index (χ2v) is 4.67. The van der Waals surface area contributed by atoms with Crippen LogP contribution in [0.15, 0.2) is 12.1 Å². The highest BCUT2D eigenvalue weighted by atomic mass is 35.5. The molecule has 0 saturated carbocycles. The maximum atomic E-state index is 11.9. The molecule has 1 amide bonds. The highest BCUT2D eigenvalue weighted by Crippen LogP contribution is 2.32. The first kappa shape index (κ1) is 16.0. The Morgan fingerprint density at radius 1 is 1.37 bits per heavy atom. The van der Waals surface area contributed by atoms with Gasteiger partial charge in [-0.2, -0.15) is 0 Å². The maximum Gasteiger partial charge on any atom is 0.253 e. The van der Waals surface area contributed by atoms with Gasteiger partial charge in [0.2, 0.25) is 0 Å². The summed E-state index contributed by atoms with van der Waals surface area (Å²) in [4.78, 5) is 11.9. The highest BCUT2D eigenvalue weighted by Gasteiger charge is 2.16. The summed E-state index contributed by atoms with van der Waals surface area (Å²) in [6, 6.07) is 3.03. The van der Waals surface area contributed by atoms with Crippen LogP contribution >= 0.6 is 23.2 Å². The summed E-state index contributed by atoms with van der Waals surface area (Å²) in [6.07, 6.45) is -0.639. The Morgan fingerprint density at radius 3 is 2.47 bits per heavy atom. The zero-order valence-electron chi connectivity index (χ0n) is 10.7. The fourth-order valence-electron chi connectivity index (χ4n) is 1.32. The SMILES string of the molecule is COCCOC(C)C(=O)Nc1c(Cl)cc(N)cc1Cl. The average Bonchev–Trinajstić information content (AvgIpc) is 2.33. The summed E-state index contributed by atoms with van der Waals surface area (Å²) in [5.74, 6) is -0.343. The number of halogens is 2. The summed E-state index contributed by atoms with van der Waals surface area (Å²) in [5, 5.41) is 3.17. The number of ether oxygens (including phenoxy) is 2. The first-order chi connectivity index (χ1) is 8.95. The summed E-state index contributed by atoms with van der Waals surface area (Å²) >= 11 is 11.9. The second kappa shape index (κ2) is 7.55. The van der Waals surface area contributed by atoms with E-state index in [4.69, 9.17) is 38.4 Å². The number of methoxy groups -OCH3 is 1. The van der Waals surface area contributed by atoms with Crippen molar-refractivity contribution in [1.82, 2.24) is 0 Å². The topological polar surface area (TPSA) is 73.6 Å². The third kappa shape index (κ3) is 4.87. The number of hydrogen-bond donors (Lipinski definition) is 2. The number of anilines is 2. The molecule has 0 aromatic heterocycles. The Hall–Kier alpha value is -1.01. The van der Waals surface area contributed by atoms with Crippen LogP contribution in [0, 0.1) is 0 Å². The first-order valence-electron chi connectivity index (χ1n) is 5.61. The van der Waals surface area contributed by atoms with E-state index < -0.39 is 6.10 Å². The van der Waals surface area contributed by atoms with Gasteiger partial charge < -0.3 is 20.5 Å². The number of hydrogen-bond acceptors (Lipinski definition) is 4. The molecule has 0 radical (unpaired) electrons. The van der Waals surface area contributed by atoms with Crippen molar-refractivity contribution in [2.45, 2.75) is 13.0 Å². The van der Waals surface area contributed by atoms with E-state index in [1.807, 2.05) is 0 Å². The van der Waals surface area contributed by atoms with Crippen LogP contribution in [0.4, 0.5) is 11.4 Å². The van der Waals surface area contributed by atoms with E-state index in [2.05, 4.69) is 5.32 Å². The van der Waals surface area contributed by atoms with Crippen molar-refractivity contribution < 1.29 is 14.3 Å². The van der Waals surface area contributed by atoms with E-state index in [0.29, 0.717) is 24.6 Å². The van der Waals surface area contributed by atoms with Gasteiger partial charge in [-0.3, -0.25) is 4.79 Å². The molecule has 5 nitrogen and oxygen atoms in total. The van der Waals surface area contributed by atoms with Crippen molar-refractivity contribution in [2.24, 2.45) is 0 Å². The number of nitrogens with one attached hydrogen (secondary N) is 1. The van der Waals surface area contributed by atoms with Crippen molar-refractivity contribution in [3.05, 3.63) is 22.2 Å². The van der Waals surface area contributed by atoms with Gasteiger partial charge in [0, 0.05) is 12.8 Å². The van der Waals surface area contributed by atoms with Crippen LogP contribution in [-0.4, -0.2) is 32.3 Å². The Balaban J connectivity index is 2.66. The molecule has 1 rings (SSSR count). The Labute approximate surface area is 122 Å². The predicted molar refractivity (Wildman–Crippen MR) is 76.8 cm³/mol. The molecule has 0 heterocycles. The minimum Gasteiger partial charge on any atom is -0.399 e. The molecule has 1 aromatic rings. The Morgan fingerprint density at radius 2 is 1.95 bits per heavy atom. The fourth-order valence-corrected chi connectivity index (χ4v) is 1.92. The molecule has 1 atom stereocenters. The van der Waals surface area contributed by atoms with Crippen molar-refractivity contribution in [1.29, 1.82) is 0 Å². The van der Waals surface area contributed by atoms with Gasteiger partial charge in [-0.1, -0.05) is 23.2 Å². The maximum absolute atomic E-state index is 11.9. The third-order valence-electron chi connectivity index (χ3n) is 2.34. The lowest BCUT2D eigenvalue weighted by molar-refractivity contribution is -0.127. The van der Waals surface area contributed by atoms with Crippen molar-refractivity contribution >= 4 is 40.5 Å². The first-order valence-corrected chi connectivity index (χ1v) is 6.37. The molecule has 3 N–H and O–H groups in total. The number of rotatable bonds is 6. The van der Waals surface area contributed by atoms with Crippen LogP contribution < -0.4 is 11.1 Å². The number of amides is 1. The highest BCUT2D eigenvalue weighted by molar-refractivity contribution is 6.40. The van der Waals surface area contributed by atoms with Crippen LogP contribution in [-0.2, 0) is 14.3 Å². The predicted octanol–water partition coefficient (Wildman–Crippen LogP) is 2.57. The lowest BCUT2D eigenvalue weighted by Crippen LogP contribution is -2.29. The molecule has 19 heavy (non-hydrogen) atoms. The van der Waals surface area contributed by atoms with Crippen LogP contribution in [0.25, 0.3) is 0 Å². The zero-order chi connectivity index (χ0) is 14.4. The smallest absolute Gasteiger partial charge is 0.253 e. The quantitative estimate of drug-likeness (QED) is 0.626. The summed E-state index contributed by atoms with van der Waals surface area (Å²) in [7, 11) is 1.56. The lowest BCUT2D eigenvalue weighted by atomic mass is 10.2. The monoisotopic (exact) mass is 306 g/mol. The molecule has 0 aliphatic rings. The molecule has 0 saturated heterocycles.